The largest absolute Gasteiger partial charge is 0.490 e. The maximum atomic E-state index is 13.1. The summed E-state index contributed by atoms with van der Waals surface area (Å²) in [6.07, 6.45) is -8.58. The van der Waals surface area contributed by atoms with Gasteiger partial charge in [-0.15, -0.1) is 0 Å². The Morgan fingerprint density at radius 3 is 2.05 bits per heavy atom. The number of pyridine rings is 1. The van der Waals surface area contributed by atoms with E-state index >= 15 is 0 Å². The van der Waals surface area contributed by atoms with Crippen LogP contribution in [0.1, 0.15) is 44.1 Å². The van der Waals surface area contributed by atoms with E-state index in [1.807, 2.05) is 30.9 Å². The molecule has 3 N–H and O–H groups in total. The van der Waals surface area contributed by atoms with Crippen molar-refractivity contribution in [3.05, 3.63) is 69.7 Å². The number of aromatic amines is 1. The van der Waals surface area contributed by atoms with Gasteiger partial charge in [-0.05, 0) is 56.1 Å². The maximum absolute atomic E-state index is 13.1. The molecule has 0 saturated heterocycles. The third-order valence-corrected chi connectivity index (χ3v) is 6.70. The molecule has 238 valence electrons. The highest BCUT2D eigenvalue weighted by Crippen LogP contribution is 2.34. The normalized spacial score (nSPS) is 14.7. The second kappa shape index (κ2) is 13.4. The van der Waals surface area contributed by atoms with Crippen LogP contribution in [-0.4, -0.2) is 85.5 Å². The Morgan fingerprint density at radius 2 is 1.48 bits per heavy atom. The van der Waals surface area contributed by atoms with E-state index in [1.54, 1.807) is 0 Å². The molecule has 5 rings (SSSR count). The molecule has 0 bridgehead atoms. The highest BCUT2D eigenvalue weighted by Gasteiger charge is 2.39. The minimum atomic E-state index is -5.08. The first-order valence-electron chi connectivity index (χ1n) is 13.1. The number of hydrogen-bond donors (Lipinski definition) is 3. The van der Waals surface area contributed by atoms with Gasteiger partial charge in [-0.2, -0.15) is 31.4 Å². The number of carboxylic acids is 2. The smallest absolute Gasteiger partial charge is 0.475 e. The molecule has 2 aliphatic rings. The van der Waals surface area contributed by atoms with Crippen LogP contribution in [-0.2, 0) is 35.5 Å². The van der Waals surface area contributed by atoms with Gasteiger partial charge in [-0.3, -0.25) is 14.8 Å². The standard InChI is InChI=1S/C24H27N5O.2C2HF3O2/c1-15-11-16(2)25-22(12-15)24(30)29-9-7-19-21(8-10-29)26-27-23(19)18-6-4-5-17-13-28(3)14-20(17)18;2*3-2(4,5)1(6)7/h4-6,11-12H,7-10,13-14H2,1-3H3,(H,26,27);2*(H,6,7). The van der Waals surface area contributed by atoms with Gasteiger partial charge in [0, 0.05) is 55.1 Å². The number of aliphatic carboxylic acids is 2. The molecule has 0 unspecified atom stereocenters. The van der Waals surface area contributed by atoms with Crippen LogP contribution in [0.4, 0.5) is 26.3 Å². The third kappa shape index (κ3) is 8.55. The number of alkyl halides is 6. The first-order chi connectivity index (χ1) is 20.4. The van der Waals surface area contributed by atoms with E-state index in [9.17, 15) is 31.1 Å². The van der Waals surface area contributed by atoms with Crippen LogP contribution >= 0.6 is 0 Å². The molecule has 2 aromatic heterocycles. The molecular weight excluding hydrogens is 600 g/mol. The van der Waals surface area contributed by atoms with Gasteiger partial charge in [0.1, 0.15) is 5.69 Å². The van der Waals surface area contributed by atoms with Crippen LogP contribution in [0.3, 0.4) is 0 Å². The zero-order chi connectivity index (χ0) is 33.0. The van der Waals surface area contributed by atoms with Crippen molar-refractivity contribution in [1.29, 1.82) is 0 Å². The second-order valence-corrected chi connectivity index (χ2v) is 10.2. The number of aromatic nitrogens is 3. The van der Waals surface area contributed by atoms with Crippen LogP contribution in [0.25, 0.3) is 11.3 Å². The number of carboxylic acid groups (broad SMARTS) is 2. The van der Waals surface area contributed by atoms with Crippen molar-refractivity contribution < 1.29 is 50.9 Å². The van der Waals surface area contributed by atoms with Crippen LogP contribution in [0.5, 0.6) is 0 Å². The number of carbonyl (C=O) groups is 3. The van der Waals surface area contributed by atoms with E-state index in [1.165, 1.54) is 22.3 Å². The van der Waals surface area contributed by atoms with Crippen molar-refractivity contribution in [2.24, 2.45) is 0 Å². The van der Waals surface area contributed by atoms with E-state index < -0.39 is 24.3 Å². The van der Waals surface area contributed by atoms with E-state index in [2.05, 4.69) is 40.2 Å². The molecular formula is C28H29F6N5O5. The molecule has 0 spiro atoms. The maximum Gasteiger partial charge on any atom is 0.490 e. The molecule has 3 aromatic rings. The Morgan fingerprint density at radius 1 is 0.886 bits per heavy atom. The summed E-state index contributed by atoms with van der Waals surface area (Å²) >= 11 is 0. The summed E-state index contributed by atoms with van der Waals surface area (Å²) in [6.45, 7) is 7.24. The molecule has 2 aliphatic heterocycles. The number of nitrogens with zero attached hydrogens (tertiary/aromatic N) is 4. The van der Waals surface area contributed by atoms with Crippen molar-refractivity contribution >= 4 is 17.8 Å². The van der Waals surface area contributed by atoms with Crippen molar-refractivity contribution in [2.75, 3.05) is 20.1 Å². The van der Waals surface area contributed by atoms with E-state index in [4.69, 9.17) is 24.9 Å². The SMILES string of the molecule is Cc1cc(C)nc(C(=O)N2CCc3[nH]nc(-c4cccc5c4CN(C)C5)c3CC2)c1.O=C(O)C(F)(F)F.O=C(O)C(F)(F)F. The summed E-state index contributed by atoms with van der Waals surface area (Å²) in [6, 6.07) is 10.4. The molecule has 16 heteroatoms. The van der Waals surface area contributed by atoms with Gasteiger partial charge >= 0.3 is 24.3 Å². The fourth-order valence-electron chi connectivity index (χ4n) is 4.83. The zero-order valence-corrected chi connectivity index (χ0v) is 23.8. The number of aryl methyl sites for hydroxylation is 2. The first kappa shape index (κ1) is 34.0. The van der Waals surface area contributed by atoms with Crippen LogP contribution in [0.15, 0.2) is 30.3 Å². The van der Waals surface area contributed by atoms with E-state index in [0.29, 0.717) is 18.8 Å². The molecule has 44 heavy (non-hydrogen) atoms. The Kier molecular flexibility index (Phi) is 10.4. The number of rotatable bonds is 2. The molecule has 0 aliphatic carbocycles. The number of fused-ring (bicyclic) bond motifs is 2. The Labute approximate surface area is 247 Å². The molecule has 0 radical (unpaired) electrons. The molecule has 10 nitrogen and oxygen atoms in total. The number of hydrogen-bond acceptors (Lipinski definition) is 6. The molecule has 0 atom stereocenters. The lowest BCUT2D eigenvalue weighted by atomic mass is 9.96. The molecule has 1 aromatic carbocycles. The average Bonchev–Trinajstić information content (AvgIpc) is 3.42. The van der Waals surface area contributed by atoms with E-state index in [-0.39, 0.29) is 5.91 Å². The number of nitrogens with one attached hydrogen (secondary N) is 1. The Balaban J connectivity index is 0.000000317. The molecule has 0 saturated carbocycles. The van der Waals surface area contributed by atoms with Crippen molar-refractivity contribution in [3.8, 4) is 11.3 Å². The highest BCUT2D eigenvalue weighted by atomic mass is 19.4. The molecule has 1 amide bonds. The number of carbonyl (C=O) groups excluding carboxylic acids is 1. The fraction of sp³-hybridized carbons (Fsp3) is 0.393. The summed E-state index contributed by atoms with van der Waals surface area (Å²) in [5.41, 5.74) is 9.94. The van der Waals surface area contributed by atoms with Crippen molar-refractivity contribution in [2.45, 2.75) is 52.1 Å². The van der Waals surface area contributed by atoms with Gasteiger partial charge in [0.05, 0.1) is 5.69 Å². The zero-order valence-electron chi connectivity index (χ0n) is 23.8. The minimum absolute atomic E-state index is 0.0173. The van der Waals surface area contributed by atoms with Gasteiger partial charge in [-0.1, -0.05) is 18.2 Å². The summed E-state index contributed by atoms with van der Waals surface area (Å²) in [4.78, 5) is 39.6. The first-order valence-corrected chi connectivity index (χ1v) is 13.1. The quantitative estimate of drug-likeness (QED) is 0.351. The summed E-state index contributed by atoms with van der Waals surface area (Å²) in [5, 5.41) is 22.2. The van der Waals surface area contributed by atoms with Gasteiger partial charge in [0.25, 0.3) is 5.91 Å². The van der Waals surface area contributed by atoms with Crippen LogP contribution in [0, 0.1) is 13.8 Å². The van der Waals surface area contributed by atoms with E-state index in [0.717, 1.165) is 48.6 Å². The van der Waals surface area contributed by atoms with Crippen LogP contribution < -0.4 is 0 Å². The lowest BCUT2D eigenvalue weighted by Gasteiger charge is -2.20. The lowest BCUT2D eigenvalue weighted by molar-refractivity contribution is -0.193. The second-order valence-electron chi connectivity index (χ2n) is 10.2. The topological polar surface area (TPSA) is 140 Å². The minimum Gasteiger partial charge on any atom is -0.475 e. The monoisotopic (exact) mass is 629 g/mol. The summed E-state index contributed by atoms with van der Waals surface area (Å²) in [5.74, 6) is -5.50. The fourth-order valence-corrected chi connectivity index (χ4v) is 4.83. The van der Waals surface area contributed by atoms with Crippen LogP contribution in [0.2, 0.25) is 0 Å². The lowest BCUT2D eigenvalue weighted by Crippen LogP contribution is -2.34. The number of H-pyrrole nitrogens is 1. The number of amides is 1. The van der Waals surface area contributed by atoms with Gasteiger partial charge < -0.3 is 15.1 Å². The third-order valence-electron chi connectivity index (χ3n) is 6.70. The van der Waals surface area contributed by atoms with Gasteiger partial charge in [-0.25, -0.2) is 14.6 Å². The number of benzene rings is 1. The Bertz CT molecular complexity index is 1490. The predicted molar refractivity (Wildman–Crippen MR) is 144 cm³/mol. The average molecular weight is 630 g/mol. The number of halogens is 6. The Hall–Kier alpha value is -4.47. The summed E-state index contributed by atoms with van der Waals surface area (Å²) < 4.78 is 63.5. The summed E-state index contributed by atoms with van der Waals surface area (Å²) in [7, 11) is 2.15. The predicted octanol–water partition coefficient (Wildman–Crippen LogP) is 4.54. The van der Waals surface area contributed by atoms with Gasteiger partial charge in [0.2, 0.25) is 0 Å². The van der Waals surface area contributed by atoms with Gasteiger partial charge in [0.15, 0.2) is 0 Å². The van der Waals surface area contributed by atoms with Crippen molar-refractivity contribution in [3.63, 3.8) is 0 Å². The molecule has 0 fully saturated rings. The van der Waals surface area contributed by atoms with Crippen molar-refractivity contribution in [1.82, 2.24) is 25.0 Å². The highest BCUT2D eigenvalue weighted by molar-refractivity contribution is 5.92. The molecule has 4 heterocycles.